The highest BCUT2D eigenvalue weighted by molar-refractivity contribution is 7.11. The molecule has 130 valence electrons. The van der Waals surface area contributed by atoms with Gasteiger partial charge in [0.2, 0.25) is 0 Å². The summed E-state index contributed by atoms with van der Waals surface area (Å²) in [6.45, 7) is 10.1. The third-order valence-corrected chi connectivity index (χ3v) is 5.98. The zero-order valence-corrected chi connectivity index (χ0v) is 15.5. The normalized spacial score (nSPS) is 21.2. The van der Waals surface area contributed by atoms with Gasteiger partial charge in [0.25, 0.3) is 0 Å². The number of hydrogen-bond acceptors (Lipinski definition) is 4. The smallest absolute Gasteiger partial charge is 0.0736 e. The molecule has 24 heavy (non-hydrogen) atoms. The predicted molar refractivity (Wildman–Crippen MR) is 97.4 cm³/mol. The van der Waals surface area contributed by atoms with Crippen molar-refractivity contribution in [3.8, 4) is 0 Å². The largest absolute Gasteiger partial charge is 0.380 e. The van der Waals surface area contributed by atoms with Crippen LogP contribution in [0, 0.1) is 12.8 Å². The number of hydrogen-bond donors (Lipinski definition) is 0. The standard InChI is InChI=1S/C19H27N3OS/c1-3-22-10-16-8-21(11-18-7-4-14(2)24-18)9-17(19(16)20-22)13-23-12-15-5-6-15/h4,7,10,15,17H,3,5-6,8-9,11-13H2,1-2H3/t17-/m0/s1. The number of nitrogens with zero attached hydrogens (tertiary/aromatic N) is 3. The van der Waals surface area contributed by atoms with Crippen LogP contribution in [-0.2, 0) is 24.4 Å². The topological polar surface area (TPSA) is 30.3 Å². The Morgan fingerprint density at radius 3 is 2.88 bits per heavy atom. The zero-order valence-electron chi connectivity index (χ0n) is 14.7. The lowest BCUT2D eigenvalue weighted by Crippen LogP contribution is -2.34. The van der Waals surface area contributed by atoms with Crippen LogP contribution in [0.15, 0.2) is 18.3 Å². The molecule has 4 nitrogen and oxygen atoms in total. The Labute approximate surface area is 148 Å². The third kappa shape index (κ3) is 3.73. The number of aryl methyl sites for hydroxylation is 2. The fraction of sp³-hybridized carbons (Fsp3) is 0.632. The molecule has 0 spiro atoms. The molecular weight excluding hydrogens is 318 g/mol. The maximum Gasteiger partial charge on any atom is 0.0736 e. The van der Waals surface area contributed by atoms with Gasteiger partial charge >= 0.3 is 0 Å². The summed E-state index contributed by atoms with van der Waals surface area (Å²) in [5.41, 5.74) is 2.66. The lowest BCUT2D eigenvalue weighted by Gasteiger charge is -2.31. The molecule has 2 aromatic heterocycles. The molecule has 2 aliphatic rings. The monoisotopic (exact) mass is 345 g/mol. The van der Waals surface area contributed by atoms with E-state index in [1.807, 2.05) is 11.3 Å². The average Bonchev–Trinajstić information content (AvgIpc) is 3.15. The molecular formula is C19H27N3OS. The fourth-order valence-corrected chi connectivity index (χ4v) is 4.45. The summed E-state index contributed by atoms with van der Waals surface area (Å²) in [6.07, 6.45) is 4.93. The van der Waals surface area contributed by atoms with Gasteiger partial charge in [0, 0.05) is 60.2 Å². The Morgan fingerprint density at radius 1 is 1.29 bits per heavy atom. The molecule has 0 unspecified atom stereocenters. The second kappa shape index (κ2) is 6.98. The quantitative estimate of drug-likeness (QED) is 0.765. The van der Waals surface area contributed by atoms with Gasteiger partial charge in [-0.3, -0.25) is 9.58 Å². The van der Waals surface area contributed by atoms with Crippen molar-refractivity contribution in [1.29, 1.82) is 0 Å². The van der Waals surface area contributed by atoms with Gasteiger partial charge in [-0.25, -0.2) is 0 Å². The molecule has 0 radical (unpaired) electrons. The highest BCUT2D eigenvalue weighted by atomic mass is 32.1. The van der Waals surface area contributed by atoms with E-state index in [9.17, 15) is 0 Å². The van der Waals surface area contributed by atoms with Gasteiger partial charge < -0.3 is 4.74 Å². The van der Waals surface area contributed by atoms with Crippen molar-refractivity contribution in [2.45, 2.75) is 52.2 Å². The average molecular weight is 346 g/mol. The molecule has 0 amide bonds. The highest BCUT2D eigenvalue weighted by Crippen LogP contribution is 2.32. The van der Waals surface area contributed by atoms with Crippen LogP contribution in [0.25, 0.3) is 0 Å². The molecule has 0 aromatic carbocycles. The van der Waals surface area contributed by atoms with E-state index in [1.165, 1.54) is 33.9 Å². The highest BCUT2D eigenvalue weighted by Gasteiger charge is 2.30. The molecule has 0 bridgehead atoms. The van der Waals surface area contributed by atoms with Gasteiger partial charge in [-0.05, 0) is 44.7 Å². The van der Waals surface area contributed by atoms with Crippen molar-refractivity contribution in [1.82, 2.24) is 14.7 Å². The van der Waals surface area contributed by atoms with E-state index in [1.54, 1.807) is 0 Å². The van der Waals surface area contributed by atoms with E-state index in [0.29, 0.717) is 5.92 Å². The summed E-state index contributed by atoms with van der Waals surface area (Å²) in [6, 6.07) is 4.49. The van der Waals surface area contributed by atoms with Gasteiger partial charge in [0.15, 0.2) is 0 Å². The number of ether oxygens (including phenoxy) is 1. The second-order valence-electron chi connectivity index (χ2n) is 7.26. The third-order valence-electron chi connectivity index (χ3n) is 5.00. The van der Waals surface area contributed by atoms with Crippen LogP contribution in [0.5, 0.6) is 0 Å². The Morgan fingerprint density at radius 2 is 2.17 bits per heavy atom. The Bertz CT molecular complexity index is 689. The minimum Gasteiger partial charge on any atom is -0.380 e. The maximum atomic E-state index is 6.03. The molecule has 1 saturated carbocycles. The first-order valence-electron chi connectivity index (χ1n) is 9.13. The van der Waals surface area contributed by atoms with Gasteiger partial charge in [0.05, 0.1) is 12.3 Å². The van der Waals surface area contributed by atoms with Crippen molar-refractivity contribution in [3.05, 3.63) is 39.3 Å². The minimum atomic E-state index is 0.404. The molecule has 0 N–H and O–H groups in total. The van der Waals surface area contributed by atoms with Crippen LogP contribution in [0.2, 0.25) is 0 Å². The van der Waals surface area contributed by atoms with Crippen LogP contribution in [0.4, 0.5) is 0 Å². The maximum absolute atomic E-state index is 6.03. The van der Waals surface area contributed by atoms with Gasteiger partial charge in [0.1, 0.15) is 0 Å². The lowest BCUT2D eigenvalue weighted by atomic mass is 9.97. The van der Waals surface area contributed by atoms with E-state index in [0.717, 1.165) is 45.3 Å². The van der Waals surface area contributed by atoms with Crippen LogP contribution in [0.1, 0.15) is 46.7 Å². The molecule has 5 heteroatoms. The van der Waals surface area contributed by atoms with Crippen LogP contribution in [-0.4, -0.2) is 34.4 Å². The van der Waals surface area contributed by atoms with Crippen LogP contribution < -0.4 is 0 Å². The Hall–Kier alpha value is -1.17. The Balaban J connectivity index is 1.46. The first-order chi connectivity index (χ1) is 11.7. The molecule has 3 heterocycles. The summed E-state index contributed by atoms with van der Waals surface area (Å²) in [5, 5.41) is 4.82. The van der Waals surface area contributed by atoms with Crippen molar-refractivity contribution in [2.75, 3.05) is 19.8 Å². The summed E-state index contributed by atoms with van der Waals surface area (Å²) in [4.78, 5) is 5.41. The summed E-state index contributed by atoms with van der Waals surface area (Å²) < 4.78 is 8.11. The molecule has 1 aliphatic heterocycles. The number of aromatic nitrogens is 2. The SMILES string of the molecule is CCn1cc2c(n1)[C@H](COCC1CC1)CN(Cc1ccc(C)s1)C2. The molecule has 2 aromatic rings. The van der Waals surface area contributed by atoms with Gasteiger partial charge in [-0.2, -0.15) is 5.10 Å². The molecule has 0 saturated heterocycles. The summed E-state index contributed by atoms with van der Waals surface area (Å²) in [5.74, 6) is 1.23. The van der Waals surface area contributed by atoms with E-state index >= 15 is 0 Å². The Kier molecular flexibility index (Phi) is 4.74. The first kappa shape index (κ1) is 16.3. The molecule has 1 aliphatic carbocycles. The van der Waals surface area contributed by atoms with Crippen LogP contribution >= 0.6 is 11.3 Å². The van der Waals surface area contributed by atoms with Crippen molar-refractivity contribution < 1.29 is 4.74 Å². The number of fused-ring (bicyclic) bond motifs is 1. The molecule has 1 atom stereocenters. The number of thiophene rings is 1. The predicted octanol–water partition coefficient (Wildman–Crippen LogP) is 3.80. The van der Waals surface area contributed by atoms with Gasteiger partial charge in [-0.15, -0.1) is 11.3 Å². The van der Waals surface area contributed by atoms with Crippen LogP contribution in [0.3, 0.4) is 0 Å². The summed E-state index contributed by atoms with van der Waals surface area (Å²) in [7, 11) is 0. The molecule has 4 rings (SSSR count). The lowest BCUT2D eigenvalue weighted by molar-refractivity contribution is 0.0883. The van der Waals surface area contributed by atoms with Gasteiger partial charge in [-0.1, -0.05) is 0 Å². The van der Waals surface area contributed by atoms with E-state index in [4.69, 9.17) is 9.84 Å². The first-order valence-corrected chi connectivity index (χ1v) is 9.94. The minimum absolute atomic E-state index is 0.404. The second-order valence-corrected chi connectivity index (χ2v) is 8.63. The molecule has 1 fully saturated rings. The van der Waals surface area contributed by atoms with E-state index in [-0.39, 0.29) is 0 Å². The zero-order chi connectivity index (χ0) is 16.5. The van der Waals surface area contributed by atoms with E-state index < -0.39 is 0 Å². The van der Waals surface area contributed by atoms with Crippen molar-refractivity contribution in [2.24, 2.45) is 5.92 Å². The van der Waals surface area contributed by atoms with Crippen molar-refractivity contribution >= 4 is 11.3 Å². The number of rotatable bonds is 7. The van der Waals surface area contributed by atoms with Crippen molar-refractivity contribution in [3.63, 3.8) is 0 Å². The van der Waals surface area contributed by atoms with E-state index in [2.05, 4.69) is 41.8 Å². The fourth-order valence-electron chi connectivity index (χ4n) is 3.51. The summed E-state index contributed by atoms with van der Waals surface area (Å²) >= 11 is 1.91.